The predicted octanol–water partition coefficient (Wildman–Crippen LogP) is 2.15. The Bertz CT molecular complexity index is 371. The first-order chi connectivity index (χ1) is 7.84. The zero-order chi connectivity index (χ0) is 11.0. The van der Waals surface area contributed by atoms with Gasteiger partial charge in [0.2, 0.25) is 0 Å². The van der Waals surface area contributed by atoms with E-state index in [0.717, 1.165) is 36.8 Å². The maximum Gasteiger partial charge on any atom is 0.132 e. The lowest BCUT2D eigenvalue weighted by Gasteiger charge is -2.23. The highest BCUT2D eigenvalue weighted by Gasteiger charge is 2.24. The number of nitrogens with zero attached hydrogens (tertiary/aromatic N) is 2. The van der Waals surface area contributed by atoms with Gasteiger partial charge in [0, 0.05) is 23.6 Å². The minimum Gasteiger partial charge on any atom is -0.373 e. The summed E-state index contributed by atoms with van der Waals surface area (Å²) < 4.78 is 2.07. The molecule has 0 bridgehead atoms. The van der Waals surface area contributed by atoms with Gasteiger partial charge in [0.05, 0.1) is 0 Å². The number of rotatable bonds is 2. The van der Waals surface area contributed by atoms with Crippen molar-refractivity contribution in [3.05, 3.63) is 17.7 Å². The Morgan fingerprint density at radius 3 is 3.19 bits per heavy atom. The van der Waals surface area contributed by atoms with Gasteiger partial charge >= 0.3 is 0 Å². The molecule has 88 valence electrons. The molecule has 0 saturated carbocycles. The molecule has 16 heavy (non-hydrogen) atoms. The van der Waals surface area contributed by atoms with Crippen LogP contribution in [0.5, 0.6) is 0 Å². The highest BCUT2D eigenvalue weighted by molar-refractivity contribution is 8.00. The average Bonchev–Trinajstić information content (AvgIpc) is 2.90. The maximum atomic E-state index is 10.0. The topological polar surface area (TPSA) is 38.1 Å². The quantitative estimate of drug-likeness (QED) is 0.858. The molecule has 2 aliphatic heterocycles. The molecule has 2 unspecified atom stereocenters. The molecule has 4 heteroatoms. The fourth-order valence-corrected chi connectivity index (χ4v) is 4.01. The average molecular weight is 238 g/mol. The summed E-state index contributed by atoms with van der Waals surface area (Å²) in [6.45, 7) is 0. The van der Waals surface area contributed by atoms with E-state index >= 15 is 0 Å². The molecule has 2 atom stereocenters. The molecule has 0 amide bonds. The predicted molar refractivity (Wildman–Crippen MR) is 65.6 cm³/mol. The van der Waals surface area contributed by atoms with Gasteiger partial charge < -0.3 is 9.67 Å². The molecule has 1 saturated heterocycles. The lowest BCUT2D eigenvalue weighted by atomic mass is 10.1. The second kappa shape index (κ2) is 4.41. The van der Waals surface area contributed by atoms with Gasteiger partial charge in [0.15, 0.2) is 0 Å². The number of aromatic nitrogens is 2. The molecule has 2 aliphatic rings. The molecule has 0 spiro atoms. The fourth-order valence-electron chi connectivity index (χ4n) is 2.74. The first-order valence-electron chi connectivity index (χ1n) is 6.19. The monoisotopic (exact) mass is 238 g/mol. The van der Waals surface area contributed by atoms with Crippen molar-refractivity contribution in [2.75, 3.05) is 5.75 Å². The Hall–Kier alpha value is -0.480. The normalized spacial score (nSPS) is 29.3. The van der Waals surface area contributed by atoms with Crippen molar-refractivity contribution in [3.8, 4) is 0 Å². The smallest absolute Gasteiger partial charge is 0.132 e. The highest BCUT2D eigenvalue weighted by atomic mass is 32.2. The number of thioether (sulfide) groups is 1. The van der Waals surface area contributed by atoms with E-state index in [1.807, 2.05) is 6.20 Å². The number of aliphatic hydroxyl groups is 1. The zero-order valence-electron chi connectivity index (χ0n) is 9.43. The summed E-state index contributed by atoms with van der Waals surface area (Å²) in [6, 6.07) is 0. The van der Waals surface area contributed by atoms with Crippen molar-refractivity contribution < 1.29 is 5.11 Å². The van der Waals surface area contributed by atoms with Gasteiger partial charge in [-0.1, -0.05) is 0 Å². The first kappa shape index (κ1) is 10.7. The van der Waals surface area contributed by atoms with E-state index in [9.17, 15) is 5.11 Å². The van der Waals surface area contributed by atoms with Crippen molar-refractivity contribution in [3.63, 3.8) is 0 Å². The van der Waals surface area contributed by atoms with Crippen LogP contribution in [0.1, 0.15) is 43.4 Å². The molecule has 1 fully saturated rings. The van der Waals surface area contributed by atoms with E-state index in [4.69, 9.17) is 0 Å². The van der Waals surface area contributed by atoms with E-state index in [-0.39, 0.29) is 6.23 Å². The molecule has 1 N–H and O–H groups in total. The van der Waals surface area contributed by atoms with Crippen molar-refractivity contribution in [1.82, 2.24) is 9.55 Å². The Morgan fingerprint density at radius 2 is 2.38 bits per heavy atom. The van der Waals surface area contributed by atoms with Crippen molar-refractivity contribution >= 4 is 11.8 Å². The van der Waals surface area contributed by atoms with Crippen LogP contribution >= 0.6 is 11.8 Å². The van der Waals surface area contributed by atoms with Crippen LogP contribution in [0.3, 0.4) is 0 Å². The van der Waals surface area contributed by atoms with Crippen LogP contribution in [0, 0.1) is 0 Å². The van der Waals surface area contributed by atoms with E-state index in [2.05, 4.69) is 21.3 Å². The number of imidazole rings is 1. The molecule has 3 heterocycles. The molecule has 0 aliphatic carbocycles. The minimum atomic E-state index is -0.326. The molecule has 0 aromatic carbocycles. The number of hydrogen-bond donors (Lipinski definition) is 1. The third-order valence-electron chi connectivity index (χ3n) is 3.58. The number of fused-ring (bicyclic) bond motifs is 1. The van der Waals surface area contributed by atoms with Crippen LogP contribution < -0.4 is 0 Å². The summed E-state index contributed by atoms with van der Waals surface area (Å²) in [5.74, 6) is 2.39. The Labute approximate surface area is 100 Å². The SMILES string of the molecule is OC1CCCc2cnc(CC3CCCS3)n21. The van der Waals surface area contributed by atoms with E-state index in [1.54, 1.807) is 0 Å². The van der Waals surface area contributed by atoms with Gasteiger partial charge in [-0.3, -0.25) is 0 Å². The van der Waals surface area contributed by atoms with Crippen LogP contribution in [0.4, 0.5) is 0 Å². The van der Waals surface area contributed by atoms with Crippen molar-refractivity contribution in [2.24, 2.45) is 0 Å². The molecular weight excluding hydrogens is 220 g/mol. The van der Waals surface area contributed by atoms with Gasteiger partial charge in [-0.15, -0.1) is 0 Å². The third-order valence-corrected chi connectivity index (χ3v) is 4.98. The molecule has 0 radical (unpaired) electrons. The fraction of sp³-hybridized carbons (Fsp3) is 0.750. The lowest BCUT2D eigenvalue weighted by Crippen LogP contribution is -2.20. The van der Waals surface area contributed by atoms with Crippen LogP contribution in [0.25, 0.3) is 0 Å². The van der Waals surface area contributed by atoms with Gasteiger partial charge in [0.25, 0.3) is 0 Å². The standard InChI is InChI=1S/C12H18N2OS/c15-12-5-1-3-9-8-13-11(14(9)12)7-10-4-2-6-16-10/h8,10,12,15H,1-7H2. The molecule has 1 aromatic heterocycles. The largest absolute Gasteiger partial charge is 0.373 e. The molecular formula is C12H18N2OS. The van der Waals surface area contributed by atoms with E-state index < -0.39 is 0 Å². The second-order valence-electron chi connectivity index (χ2n) is 4.75. The van der Waals surface area contributed by atoms with Crippen LogP contribution in [-0.4, -0.2) is 25.7 Å². The Morgan fingerprint density at radius 1 is 1.44 bits per heavy atom. The zero-order valence-corrected chi connectivity index (χ0v) is 10.2. The van der Waals surface area contributed by atoms with Gasteiger partial charge in [0.1, 0.15) is 12.1 Å². The number of aryl methyl sites for hydroxylation is 1. The molecule has 3 rings (SSSR count). The first-order valence-corrected chi connectivity index (χ1v) is 7.24. The Kier molecular flexibility index (Phi) is 2.94. The second-order valence-corrected chi connectivity index (χ2v) is 6.16. The van der Waals surface area contributed by atoms with Crippen molar-refractivity contribution in [1.29, 1.82) is 0 Å². The van der Waals surface area contributed by atoms with Crippen molar-refractivity contribution in [2.45, 2.75) is 50.0 Å². The highest BCUT2D eigenvalue weighted by Crippen LogP contribution is 2.31. The lowest BCUT2D eigenvalue weighted by molar-refractivity contribution is 0.0758. The minimum absolute atomic E-state index is 0.326. The number of hydrogen-bond acceptors (Lipinski definition) is 3. The van der Waals surface area contributed by atoms with Gasteiger partial charge in [-0.25, -0.2) is 4.98 Å². The molecule has 3 nitrogen and oxygen atoms in total. The summed E-state index contributed by atoms with van der Waals surface area (Å²) in [5, 5.41) is 10.7. The summed E-state index contributed by atoms with van der Waals surface area (Å²) in [7, 11) is 0. The van der Waals surface area contributed by atoms with Crippen LogP contribution in [-0.2, 0) is 12.8 Å². The summed E-state index contributed by atoms with van der Waals surface area (Å²) >= 11 is 2.06. The van der Waals surface area contributed by atoms with Gasteiger partial charge in [-0.2, -0.15) is 11.8 Å². The maximum absolute atomic E-state index is 10.0. The van der Waals surface area contributed by atoms with Crippen LogP contribution in [0.15, 0.2) is 6.20 Å². The summed E-state index contributed by atoms with van der Waals surface area (Å²) in [5.41, 5.74) is 1.22. The van der Waals surface area contributed by atoms with Gasteiger partial charge in [-0.05, 0) is 37.9 Å². The van der Waals surface area contributed by atoms with Crippen LogP contribution in [0.2, 0.25) is 0 Å². The Balaban J connectivity index is 1.81. The number of aliphatic hydroxyl groups excluding tert-OH is 1. The van der Waals surface area contributed by atoms with E-state index in [1.165, 1.54) is 24.3 Å². The third kappa shape index (κ3) is 1.89. The van der Waals surface area contributed by atoms with E-state index in [0.29, 0.717) is 0 Å². The summed E-state index contributed by atoms with van der Waals surface area (Å²) in [4.78, 5) is 4.50. The summed E-state index contributed by atoms with van der Waals surface area (Å²) in [6.07, 6.45) is 8.35. The molecule has 1 aromatic rings.